The normalized spacial score (nSPS) is 12.9. The number of benzene rings is 1. The molecule has 66 valence electrons. The summed E-state index contributed by atoms with van der Waals surface area (Å²) < 4.78 is 0. The first-order chi connectivity index (χ1) is 5.74. The van der Waals surface area contributed by atoms with E-state index in [4.69, 9.17) is 5.90 Å². The summed E-state index contributed by atoms with van der Waals surface area (Å²) in [4.78, 5) is 4.59. The molecule has 1 unspecified atom stereocenters. The zero-order valence-corrected chi connectivity index (χ0v) is 7.58. The predicted octanol–water partition coefficient (Wildman–Crippen LogP) is 1.99. The Morgan fingerprint density at radius 3 is 2.42 bits per heavy atom. The molecule has 0 radical (unpaired) electrons. The van der Waals surface area contributed by atoms with Gasteiger partial charge < -0.3 is 4.84 Å². The van der Waals surface area contributed by atoms with E-state index in [-0.39, 0.29) is 0 Å². The van der Waals surface area contributed by atoms with Gasteiger partial charge in [0.1, 0.15) is 0 Å². The highest BCUT2D eigenvalue weighted by Gasteiger charge is 2.03. The number of hydrogen-bond donors (Lipinski definition) is 1. The van der Waals surface area contributed by atoms with Gasteiger partial charge in [-0.05, 0) is 12.5 Å². The molecule has 1 atom stereocenters. The minimum Gasteiger partial charge on any atom is -0.304 e. The molecular formula is C10H15NO. The molecule has 0 saturated carbocycles. The lowest BCUT2D eigenvalue weighted by Gasteiger charge is -2.09. The summed E-state index contributed by atoms with van der Waals surface area (Å²) in [6, 6.07) is 8.42. The molecule has 2 heteroatoms. The molecule has 0 fully saturated rings. The Morgan fingerprint density at radius 1 is 1.33 bits per heavy atom. The maximum absolute atomic E-state index is 5.00. The average molecular weight is 165 g/mol. The molecule has 12 heavy (non-hydrogen) atoms. The van der Waals surface area contributed by atoms with Crippen molar-refractivity contribution in [3.63, 3.8) is 0 Å². The summed E-state index contributed by atoms with van der Waals surface area (Å²) in [6.07, 6.45) is 0. The SMILES string of the molecule is Cc1ccc(C(C)CON)cc1. The van der Waals surface area contributed by atoms with Gasteiger partial charge in [0, 0.05) is 5.92 Å². The van der Waals surface area contributed by atoms with Crippen molar-refractivity contribution in [3.05, 3.63) is 35.4 Å². The zero-order chi connectivity index (χ0) is 8.97. The van der Waals surface area contributed by atoms with Crippen LogP contribution in [0.3, 0.4) is 0 Å². The number of hydrogen-bond acceptors (Lipinski definition) is 2. The van der Waals surface area contributed by atoms with Gasteiger partial charge in [-0.2, -0.15) is 0 Å². The van der Waals surface area contributed by atoms with Gasteiger partial charge in [0.15, 0.2) is 0 Å². The van der Waals surface area contributed by atoms with E-state index in [0.29, 0.717) is 12.5 Å². The van der Waals surface area contributed by atoms with Gasteiger partial charge >= 0.3 is 0 Å². The van der Waals surface area contributed by atoms with E-state index in [9.17, 15) is 0 Å². The Bertz CT molecular complexity index is 230. The summed E-state index contributed by atoms with van der Waals surface area (Å²) in [6.45, 7) is 4.74. The first kappa shape index (κ1) is 9.23. The van der Waals surface area contributed by atoms with Gasteiger partial charge in [-0.3, -0.25) is 0 Å². The number of rotatable bonds is 3. The minimum absolute atomic E-state index is 0.371. The van der Waals surface area contributed by atoms with Crippen LogP contribution in [0.25, 0.3) is 0 Å². The van der Waals surface area contributed by atoms with Crippen LogP contribution < -0.4 is 5.90 Å². The van der Waals surface area contributed by atoms with Crippen LogP contribution in [0.5, 0.6) is 0 Å². The Kier molecular flexibility index (Phi) is 3.26. The standard InChI is InChI=1S/C10H15NO/c1-8-3-5-10(6-4-8)9(2)7-12-11/h3-6,9H,7,11H2,1-2H3. The minimum atomic E-state index is 0.371. The van der Waals surface area contributed by atoms with Crippen LogP contribution >= 0.6 is 0 Å². The summed E-state index contributed by atoms with van der Waals surface area (Å²) in [5, 5.41) is 0. The Balaban J connectivity index is 2.68. The second kappa shape index (κ2) is 4.24. The molecule has 0 aliphatic rings. The second-order valence-corrected chi connectivity index (χ2v) is 3.15. The van der Waals surface area contributed by atoms with Crippen molar-refractivity contribution in [2.45, 2.75) is 19.8 Å². The monoisotopic (exact) mass is 165 g/mol. The third-order valence-corrected chi connectivity index (χ3v) is 1.99. The molecule has 0 aliphatic carbocycles. The van der Waals surface area contributed by atoms with E-state index < -0.39 is 0 Å². The topological polar surface area (TPSA) is 35.2 Å². The van der Waals surface area contributed by atoms with Crippen LogP contribution in [-0.2, 0) is 4.84 Å². The van der Waals surface area contributed by atoms with Crippen LogP contribution in [0, 0.1) is 6.92 Å². The summed E-state index contributed by atoms with van der Waals surface area (Å²) >= 11 is 0. The molecule has 0 saturated heterocycles. The van der Waals surface area contributed by atoms with Crippen LogP contribution in [0.4, 0.5) is 0 Å². The van der Waals surface area contributed by atoms with Gasteiger partial charge in [0.05, 0.1) is 6.61 Å². The molecule has 2 nitrogen and oxygen atoms in total. The van der Waals surface area contributed by atoms with Crippen molar-refractivity contribution < 1.29 is 4.84 Å². The van der Waals surface area contributed by atoms with Crippen molar-refractivity contribution >= 4 is 0 Å². The van der Waals surface area contributed by atoms with Gasteiger partial charge in [-0.15, -0.1) is 0 Å². The number of aryl methyl sites for hydroxylation is 1. The fraction of sp³-hybridized carbons (Fsp3) is 0.400. The zero-order valence-electron chi connectivity index (χ0n) is 7.58. The lowest BCUT2D eigenvalue weighted by atomic mass is 10.0. The molecule has 0 amide bonds. The lowest BCUT2D eigenvalue weighted by Crippen LogP contribution is -2.08. The lowest BCUT2D eigenvalue weighted by molar-refractivity contribution is 0.126. The summed E-state index contributed by atoms with van der Waals surface area (Å²) in [5.41, 5.74) is 2.55. The molecule has 1 aromatic rings. The largest absolute Gasteiger partial charge is 0.304 e. The van der Waals surface area contributed by atoms with Gasteiger partial charge in [0.2, 0.25) is 0 Å². The molecule has 0 heterocycles. The van der Waals surface area contributed by atoms with Crippen molar-refractivity contribution in [1.29, 1.82) is 0 Å². The fourth-order valence-corrected chi connectivity index (χ4v) is 1.14. The van der Waals surface area contributed by atoms with E-state index in [1.165, 1.54) is 11.1 Å². The molecule has 0 spiro atoms. The molecular weight excluding hydrogens is 150 g/mol. The van der Waals surface area contributed by atoms with Crippen molar-refractivity contribution in [3.8, 4) is 0 Å². The molecule has 0 aliphatic heterocycles. The highest BCUT2D eigenvalue weighted by atomic mass is 16.6. The van der Waals surface area contributed by atoms with Crippen LogP contribution in [-0.4, -0.2) is 6.61 Å². The van der Waals surface area contributed by atoms with Crippen LogP contribution in [0.15, 0.2) is 24.3 Å². The predicted molar refractivity (Wildman–Crippen MR) is 49.7 cm³/mol. The maximum atomic E-state index is 5.00. The first-order valence-corrected chi connectivity index (χ1v) is 4.12. The first-order valence-electron chi connectivity index (χ1n) is 4.12. The molecule has 0 aromatic heterocycles. The van der Waals surface area contributed by atoms with E-state index >= 15 is 0 Å². The van der Waals surface area contributed by atoms with E-state index in [2.05, 4.69) is 43.0 Å². The van der Waals surface area contributed by atoms with Gasteiger partial charge in [-0.25, -0.2) is 5.90 Å². The van der Waals surface area contributed by atoms with Crippen molar-refractivity contribution in [1.82, 2.24) is 0 Å². The fourth-order valence-electron chi connectivity index (χ4n) is 1.14. The second-order valence-electron chi connectivity index (χ2n) is 3.15. The van der Waals surface area contributed by atoms with Crippen molar-refractivity contribution in [2.24, 2.45) is 5.90 Å². The smallest absolute Gasteiger partial charge is 0.0745 e. The van der Waals surface area contributed by atoms with Gasteiger partial charge in [0.25, 0.3) is 0 Å². The third-order valence-electron chi connectivity index (χ3n) is 1.99. The molecule has 2 N–H and O–H groups in total. The highest BCUT2D eigenvalue weighted by Crippen LogP contribution is 2.15. The Morgan fingerprint density at radius 2 is 1.92 bits per heavy atom. The summed E-state index contributed by atoms with van der Waals surface area (Å²) in [5.74, 6) is 5.37. The Labute approximate surface area is 73.3 Å². The third kappa shape index (κ3) is 2.32. The van der Waals surface area contributed by atoms with Crippen LogP contribution in [0.1, 0.15) is 24.0 Å². The quantitative estimate of drug-likeness (QED) is 0.695. The number of nitrogens with two attached hydrogens (primary N) is 1. The van der Waals surface area contributed by atoms with E-state index in [0.717, 1.165) is 0 Å². The highest BCUT2D eigenvalue weighted by molar-refractivity contribution is 5.23. The van der Waals surface area contributed by atoms with E-state index in [1.807, 2.05) is 0 Å². The molecule has 1 rings (SSSR count). The maximum Gasteiger partial charge on any atom is 0.0745 e. The molecule has 1 aromatic carbocycles. The average Bonchev–Trinajstić information content (AvgIpc) is 2.06. The van der Waals surface area contributed by atoms with E-state index in [1.54, 1.807) is 0 Å². The van der Waals surface area contributed by atoms with Crippen molar-refractivity contribution in [2.75, 3.05) is 6.61 Å². The van der Waals surface area contributed by atoms with Gasteiger partial charge in [-0.1, -0.05) is 36.8 Å². The van der Waals surface area contributed by atoms with Crippen LogP contribution in [0.2, 0.25) is 0 Å². The molecule has 0 bridgehead atoms. The Hall–Kier alpha value is -0.860. The summed E-state index contributed by atoms with van der Waals surface area (Å²) in [7, 11) is 0.